The van der Waals surface area contributed by atoms with Crippen molar-refractivity contribution in [2.45, 2.75) is 58.8 Å². The van der Waals surface area contributed by atoms with E-state index in [9.17, 15) is 0 Å². The van der Waals surface area contributed by atoms with E-state index in [2.05, 4.69) is 13.8 Å². The van der Waals surface area contributed by atoms with Crippen LogP contribution in [-0.2, 0) is 0 Å². The molecule has 60 valence electrons. The van der Waals surface area contributed by atoms with Crippen LogP contribution in [0.5, 0.6) is 0 Å². The van der Waals surface area contributed by atoms with Gasteiger partial charge in [0.1, 0.15) is 0 Å². The number of hydrogen-bond acceptors (Lipinski definition) is 0. The minimum Gasteiger partial charge on any atom is -0.0654 e. The van der Waals surface area contributed by atoms with Gasteiger partial charge in [0.2, 0.25) is 0 Å². The van der Waals surface area contributed by atoms with Crippen molar-refractivity contribution < 1.29 is 0 Å². The van der Waals surface area contributed by atoms with Gasteiger partial charge in [0.25, 0.3) is 0 Å². The lowest BCUT2D eigenvalue weighted by atomic mass is 9.67. The van der Waals surface area contributed by atoms with Crippen molar-refractivity contribution in [3.05, 3.63) is 0 Å². The maximum absolute atomic E-state index is 2.45. The normalized spacial score (nSPS) is 22.2. The second-order valence-electron chi connectivity index (χ2n) is 4.12. The van der Waals surface area contributed by atoms with E-state index in [-0.39, 0.29) is 0 Å². The zero-order chi connectivity index (χ0) is 7.45. The highest BCUT2D eigenvalue weighted by Crippen LogP contribution is 2.44. The summed E-state index contributed by atoms with van der Waals surface area (Å²) in [7, 11) is 0. The molecular weight excluding hydrogens is 120 g/mol. The molecule has 1 rings (SSSR count). The van der Waals surface area contributed by atoms with Crippen molar-refractivity contribution in [1.29, 1.82) is 0 Å². The lowest BCUT2D eigenvalue weighted by Gasteiger charge is -2.38. The summed E-state index contributed by atoms with van der Waals surface area (Å²) in [6.45, 7) is 4.73. The van der Waals surface area contributed by atoms with E-state index in [0.29, 0.717) is 0 Å². The van der Waals surface area contributed by atoms with Gasteiger partial charge in [0.05, 0.1) is 0 Å². The molecule has 0 saturated heterocycles. The maximum atomic E-state index is 2.45. The van der Waals surface area contributed by atoms with Gasteiger partial charge in [-0.2, -0.15) is 0 Å². The highest BCUT2D eigenvalue weighted by Gasteiger charge is 2.30. The number of rotatable bonds is 4. The number of hydrogen-bond donors (Lipinski definition) is 0. The largest absolute Gasteiger partial charge is 0.0654 e. The Morgan fingerprint density at radius 1 is 1.20 bits per heavy atom. The molecule has 1 saturated carbocycles. The second kappa shape index (κ2) is 3.41. The van der Waals surface area contributed by atoms with Crippen LogP contribution in [-0.4, -0.2) is 0 Å². The summed E-state index contributed by atoms with van der Waals surface area (Å²) in [4.78, 5) is 0. The molecule has 10 heavy (non-hydrogen) atoms. The van der Waals surface area contributed by atoms with E-state index >= 15 is 0 Å². The van der Waals surface area contributed by atoms with Crippen LogP contribution in [0.2, 0.25) is 0 Å². The van der Waals surface area contributed by atoms with E-state index in [4.69, 9.17) is 0 Å². The molecule has 0 bridgehead atoms. The van der Waals surface area contributed by atoms with Crippen LogP contribution < -0.4 is 0 Å². The molecule has 0 N–H and O–H groups in total. The molecular formula is C10H20. The highest BCUT2D eigenvalue weighted by atomic mass is 14.4. The molecule has 1 aliphatic rings. The van der Waals surface area contributed by atoms with Gasteiger partial charge in [-0.05, 0) is 24.7 Å². The molecule has 0 heterocycles. The van der Waals surface area contributed by atoms with Gasteiger partial charge in [0, 0.05) is 0 Å². The quantitative estimate of drug-likeness (QED) is 0.522. The SMILES string of the molecule is CCCCCC1(C)CCC1. The Bertz CT molecular complexity index is 90.2. The summed E-state index contributed by atoms with van der Waals surface area (Å²) in [6, 6.07) is 0. The van der Waals surface area contributed by atoms with Crippen LogP contribution >= 0.6 is 0 Å². The van der Waals surface area contributed by atoms with Crippen LogP contribution in [0.25, 0.3) is 0 Å². The topological polar surface area (TPSA) is 0 Å². The molecule has 0 atom stereocenters. The van der Waals surface area contributed by atoms with E-state index in [1.54, 1.807) is 0 Å². The summed E-state index contributed by atoms with van der Waals surface area (Å²) in [5, 5.41) is 0. The van der Waals surface area contributed by atoms with Crippen LogP contribution in [0.3, 0.4) is 0 Å². The van der Waals surface area contributed by atoms with Crippen LogP contribution in [0.15, 0.2) is 0 Å². The minimum absolute atomic E-state index is 0.773. The molecule has 0 unspecified atom stereocenters. The van der Waals surface area contributed by atoms with Crippen molar-refractivity contribution in [1.82, 2.24) is 0 Å². The van der Waals surface area contributed by atoms with Crippen LogP contribution in [0, 0.1) is 5.41 Å². The van der Waals surface area contributed by atoms with Crippen molar-refractivity contribution in [2.24, 2.45) is 5.41 Å². The Balaban J connectivity index is 2.01. The first kappa shape index (κ1) is 8.10. The smallest absolute Gasteiger partial charge is 0.0326 e. The average Bonchev–Trinajstić information content (AvgIpc) is 1.85. The third-order valence-corrected chi connectivity index (χ3v) is 2.94. The lowest BCUT2D eigenvalue weighted by molar-refractivity contribution is 0.141. The lowest BCUT2D eigenvalue weighted by Crippen LogP contribution is -2.24. The summed E-state index contributed by atoms with van der Waals surface area (Å²) in [5.41, 5.74) is 0.773. The van der Waals surface area contributed by atoms with Gasteiger partial charge in [-0.15, -0.1) is 0 Å². The molecule has 0 aliphatic heterocycles. The van der Waals surface area contributed by atoms with Gasteiger partial charge in [0.15, 0.2) is 0 Å². The Morgan fingerprint density at radius 2 is 1.90 bits per heavy atom. The van der Waals surface area contributed by atoms with Crippen molar-refractivity contribution in [2.75, 3.05) is 0 Å². The van der Waals surface area contributed by atoms with Crippen LogP contribution in [0.1, 0.15) is 58.8 Å². The Hall–Kier alpha value is 0. The third-order valence-electron chi connectivity index (χ3n) is 2.94. The van der Waals surface area contributed by atoms with E-state index in [1.165, 1.54) is 44.9 Å². The Morgan fingerprint density at radius 3 is 2.30 bits per heavy atom. The predicted octanol–water partition coefficient (Wildman–Crippen LogP) is 3.76. The summed E-state index contributed by atoms with van der Waals surface area (Å²) in [6.07, 6.45) is 10.2. The van der Waals surface area contributed by atoms with Gasteiger partial charge in [-0.3, -0.25) is 0 Å². The molecule has 0 heteroatoms. The molecule has 0 amide bonds. The second-order valence-corrected chi connectivity index (χ2v) is 4.12. The van der Waals surface area contributed by atoms with Crippen molar-refractivity contribution in [3.63, 3.8) is 0 Å². The van der Waals surface area contributed by atoms with E-state index in [0.717, 1.165) is 5.41 Å². The number of unbranched alkanes of at least 4 members (excludes halogenated alkanes) is 2. The fourth-order valence-corrected chi connectivity index (χ4v) is 1.83. The average molecular weight is 140 g/mol. The predicted molar refractivity (Wildman–Crippen MR) is 46.1 cm³/mol. The van der Waals surface area contributed by atoms with Crippen molar-refractivity contribution >= 4 is 0 Å². The standard InChI is InChI=1S/C10H20/c1-3-4-5-7-10(2)8-6-9-10/h3-9H2,1-2H3. The fourth-order valence-electron chi connectivity index (χ4n) is 1.83. The fraction of sp³-hybridized carbons (Fsp3) is 1.00. The minimum atomic E-state index is 0.773. The van der Waals surface area contributed by atoms with E-state index in [1.807, 2.05) is 0 Å². The molecule has 0 radical (unpaired) electrons. The highest BCUT2D eigenvalue weighted by molar-refractivity contribution is 4.82. The summed E-state index contributed by atoms with van der Waals surface area (Å²) in [5.74, 6) is 0. The molecule has 0 spiro atoms. The molecule has 0 nitrogen and oxygen atoms in total. The molecule has 1 aliphatic carbocycles. The maximum Gasteiger partial charge on any atom is -0.0326 e. The molecule has 0 aromatic rings. The van der Waals surface area contributed by atoms with Gasteiger partial charge < -0.3 is 0 Å². The first-order valence-corrected chi connectivity index (χ1v) is 4.77. The first-order valence-electron chi connectivity index (χ1n) is 4.77. The third kappa shape index (κ3) is 2.00. The Kier molecular flexibility index (Phi) is 2.76. The monoisotopic (exact) mass is 140 g/mol. The Labute approximate surface area is 65.0 Å². The van der Waals surface area contributed by atoms with Gasteiger partial charge in [-0.1, -0.05) is 39.5 Å². The first-order chi connectivity index (χ1) is 4.77. The van der Waals surface area contributed by atoms with Gasteiger partial charge in [-0.25, -0.2) is 0 Å². The molecule has 1 fully saturated rings. The molecule has 0 aromatic carbocycles. The summed E-state index contributed by atoms with van der Waals surface area (Å²) < 4.78 is 0. The van der Waals surface area contributed by atoms with Gasteiger partial charge >= 0.3 is 0 Å². The molecule has 0 aromatic heterocycles. The zero-order valence-corrected chi connectivity index (χ0v) is 7.45. The van der Waals surface area contributed by atoms with Crippen molar-refractivity contribution in [3.8, 4) is 0 Å². The zero-order valence-electron chi connectivity index (χ0n) is 7.45. The van der Waals surface area contributed by atoms with Crippen LogP contribution in [0.4, 0.5) is 0 Å². The van der Waals surface area contributed by atoms with E-state index < -0.39 is 0 Å². The summed E-state index contributed by atoms with van der Waals surface area (Å²) >= 11 is 0.